The molecular weight excluding hydrogens is 871 g/mol. The quantitative estimate of drug-likeness (QED) is 0.0193. The van der Waals surface area contributed by atoms with Crippen molar-refractivity contribution in [1.29, 1.82) is 0 Å². The molecule has 0 spiro atoms. The van der Waals surface area contributed by atoms with E-state index in [4.69, 9.17) is 9.47 Å². The zero-order valence-corrected chi connectivity index (χ0v) is 43.5. The van der Waals surface area contributed by atoms with Crippen LogP contribution < -0.4 is 5.32 Å². The molecule has 7 unspecified atom stereocenters. The van der Waals surface area contributed by atoms with E-state index in [1.54, 1.807) is 6.08 Å². The molecule has 0 aromatic carbocycles. The first-order chi connectivity index (χ1) is 32.5. The second kappa shape index (κ2) is 44.5. The number of allylic oxidation sites excluding steroid dienone is 3. The summed E-state index contributed by atoms with van der Waals surface area (Å²) in [4.78, 5) is 13.1. The summed E-state index contributed by atoms with van der Waals surface area (Å²) in [6.45, 7) is 3.41. The van der Waals surface area contributed by atoms with Crippen LogP contribution in [-0.2, 0) is 28.9 Å². The van der Waals surface area contributed by atoms with E-state index in [-0.39, 0.29) is 18.9 Å². The Balaban J connectivity index is 2.35. The van der Waals surface area contributed by atoms with Gasteiger partial charge in [0.25, 0.3) is 0 Å². The highest BCUT2D eigenvalue weighted by atomic mass is 32.3. The van der Waals surface area contributed by atoms with Gasteiger partial charge in [0, 0.05) is 6.42 Å². The first kappa shape index (κ1) is 63.6. The lowest BCUT2D eigenvalue weighted by Gasteiger charge is -2.41. The lowest BCUT2D eigenvalue weighted by Crippen LogP contribution is -2.61. The van der Waals surface area contributed by atoms with E-state index < -0.39 is 59.9 Å². The molecule has 1 aliphatic rings. The summed E-state index contributed by atoms with van der Waals surface area (Å²) in [5, 5.41) is 44.8. The second-order valence-electron chi connectivity index (χ2n) is 19.5. The van der Waals surface area contributed by atoms with E-state index in [2.05, 4.69) is 35.5 Å². The highest BCUT2D eigenvalue weighted by molar-refractivity contribution is 7.80. The molecule has 0 aromatic rings. The second-order valence-corrected chi connectivity index (χ2v) is 20.6. The van der Waals surface area contributed by atoms with Crippen LogP contribution in [-0.4, -0.2) is 95.4 Å². The Morgan fingerprint density at radius 3 is 1.34 bits per heavy atom. The van der Waals surface area contributed by atoms with Gasteiger partial charge in [-0.25, -0.2) is 4.18 Å². The van der Waals surface area contributed by atoms with Crippen LogP contribution in [0.1, 0.15) is 258 Å². The van der Waals surface area contributed by atoms with Crippen LogP contribution in [0.4, 0.5) is 0 Å². The summed E-state index contributed by atoms with van der Waals surface area (Å²) in [6.07, 6.45) is 45.1. The first-order valence-electron chi connectivity index (χ1n) is 27.7. The maximum Gasteiger partial charge on any atom is 0.397 e. The van der Waals surface area contributed by atoms with E-state index in [9.17, 15) is 38.2 Å². The predicted molar refractivity (Wildman–Crippen MR) is 273 cm³/mol. The van der Waals surface area contributed by atoms with Crippen LogP contribution in [0.3, 0.4) is 0 Å². The minimum Gasteiger partial charge on any atom is -0.394 e. The van der Waals surface area contributed by atoms with Crippen molar-refractivity contribution in [2.24, 2.45) is 0 Å². The molecular formula is C54H103NO11S. The van der Waals surface area contributed by atoms with E-state index >= 15 is 0 Å². The number of hydrogen-bond donors (Lipinski definition) is 6. The van der Waals surface area contributed by atoms with Crippen LogP contribution in [0.5, 0.6) is 0 Å². The molecule has 7 atom stereocenters. The van der Waals surface area contributed by atoms with Gasteiger partial charge in [0.05, 0.1) is 25.4 Å². The molecule has 0 aliphatic carbocycles. The number of ether oxygens (including phenoxy) is 2. The molecule has 0 aromatic heterocycles. The monoisotopic (exact) mass is 974 g/mol. The highest BCUT2D eigenvalue weighted by Crippen LogP contribution is 2.26. The number of amides is 1. The standard InChI is InChI=1S/C54H103NO11S/c1-3-5-7-9-11-13-15-17-19-20-21-22-23-24-25-26-27-28-29-30-32-34-36-38-40-42-44-50(58)55-47(46-64-54-52(60)53(66-67(61,62)63)51(59)49(45-56)65-54)48(57)43-41-39-37-35-33-31-18-16-14-12-10-8-6-4-2/h24-25,41,43,47-49,51-54,56-57,59-60H,3-23,26-40,42,44-46H2,1-2H3,(H,55,58)(H,61,62,63)/b25-24-,43-41+. The predicted octanol–water partition coefficient (Wildman–Crippen LogP) is 12.5. The fraction of sp³-hybridized carbons (Fsp3) is 0.907. The Morgan fingerprint density at radius 2 is 0.955 bits per heavy atom. The third kappa shape index (κ3) is 37.1. The van der Waals surface area contributed by atoms with Gasteiger partial charge in [0.2, 0.25) is 5.91 Å². The molecule has 1 saturated heterocycles. The summed E-state index contributed by atoms with van der Waals surface area (Å²) >= 11 is 0. The third-order valence-electron chi connectivity index (χ3n) is 13.2. The van der Waals surface area contributed by atoms with E-state index in [1.807, 2.05) is 6.08 Å². The van der Waals surface area contributed by atoms with Crippen molar-refractivity contribution in [1.82, 2.24) is 5.32 Å². The van der Waals surface area contributed by atoms with Gasteiger partial charge in [-0.05, 0) is 44.9 Å². The molecule has 0 bridgehead atoms. The molecule has 6 N–H and O–H groups in total. The maximum atomic E-state index is 13.1. The van der Waals surface area contributed by atoms with Crippen LogP contribution in [0.2, 0.25) is 0 Å². The van der Waals surface area contributed by atoms with Crippen molar-refractivity contribution in [2.45, 2.75) is 301 Å². The van der Waals surface area contributed by atoms with Crippen molar-refractivity contribution in [3.05, 3.63) is 24.3 Å². The molecule has 1 aliphatic heterocycles. The van der Waals surface area contributed by atoms with Crippen molar-refractivity contribution < 1.29 is 51.8 Å². The molecule has 1 fully saturated rings. The van der Waals surface area contributed by atoms with Crippen LogP contribution in [0, 0.1) is 0 Å². The molecule has 0 saturated carbocycles. The third-order valence-corrected chi connectivity index (χ3v) is 13.7. The summed E-state index contributed by atoms with van der Waals surface area (Å²) in [7, 11) is -5.09. The average molecular weight is 974 g/mol. The summed E-state index contributed by atoms with van der Waals surface area (Å²) in [6, 6.07) is -0.943. The summed E-state index contributed by atoms with van der Waals surface area (Å²) < 4.78 is 47.7. The molecule has 1 amide bonds. The van der Waals surface area contributed by atoms with Gasteiger partial charge >= 0.3 is 10.4 Å². The lowest BCUT2D eigenvalue weighted by molar-refractivity contribution is -0.298. The number of rotatable bonds is 48. The molecule has 12 nitrogen and oxygen atoms in total. The van der Waals surface area contributed by atoms with Crippen molar-refractivity contribution in [3.8, 4) is 0 Å². The van der Waals surface area contributed by atoms with Gasteiger partial charge in [-0.2, -0.15) is 8.42 Å². The Labute approximate surface area is 410 Å². The number of unbranched alkanes of at least 4 members (excludes halogenated alkanes) is 34. The van der Waals surface area contributed by atoms with Crippen LogP contribution in [0.15, 0.2) is 24.3 Å². The fourth-order valence-electron chi connectivity index (χ4n) is 8.92. The molecule has 1 rings (SSSR count). The number of carbonyl (C=O) groups is 1. The zero-order valence-electron chi connectivity index (χ0n) is 42.7. The zero-order chi connectivity index (χ0) is 49.1. The Hall–Kier alpha value is -1.42. The van der Waals surface area contributed by atoms with Crippen molar-refractivity contribution in [2.75, 3.05) is 13.2 Å². The van der Waals surface area contributed by atoms with Gasteiger partial charge in [-0.3, -0.25) is 9.35 Å². The average Bonchev–Trinajstić information content (AvgIpc) is 3.30. The number of hydrogen-bond acceptors (Lipinski definition) is 10. The van der Waals surface area contributed by atoms with Crippen molar-refractivity contribution >= 4 is 16.3 Å². The van der Waals surface area contributed by atoms with Crippen molar-refractivity contribution in [3.63, 3.8) is 0 Å². The number of nitrogens with one attached hydrogen (secondary N) is 1. The Bertz CT molecular complexity index is 1280. The van der Waals surface area contributed by atoms with E-state index in [1.165, 1.54) is 193 Å². The number of aliphatic hydroxyl groups is 4. The van der Waals surface area contributed by atoms with Gasteiger partial charge in [-0.15, -0.1) is 0 Å². The van der Waals surface area contributed by atoms with E-state index in [0.29, 0.717) is 6.42 Å². The summed E-state index contributed by atoms with van der Waals surface area (Å²) in [5.74, 6) is -0.262. The normalized spacial score (nSPS) is 20.0. The Morgan fingerprint density at radius 1 is 0.582 bits per heavy atom. The maximum absolute atomic E-state index is 13.1. The molecule has 1 heterocycles. The van der Waals surface area contributed by atoms with Gasteiger partial charge < -0.3 is 35.2 Å². The minimum atomic E-state index is -5.09. The molecule has 13 heteroatoms. The first-order valence-corrected chi connectivity index (χ1v) is 29.1. The summed E-state index contributed by atoms with van der Waals surface area (Å²) in [5.41, 5.74) is 0. The van der Waals surface area contributed by atoms with Gasteiger partial charge in [0.15, 0.2) is 6.29 Å². The smallest absolute Gasteiger partial charge is 0.394 e. The van der Waals surface area contributed by atoms with Crippen LogP contribution in [0.25, 0.3) is 0 Å². The van der Waals surface area contributed by atoms with E-state index in [0.717, 1.165) is 38.5 Å². The van der Waals surface area contributed by atoms with Crippen LogP contribution >= 0.6 is 0 Å². The largest absolute Gasteiger partial charge is 0.397 e. The molecule has 67 heavy (non-hydrogen) atoms. The SMILES string of the molecule is CCCCCCCCCCCCCC/C=C\CCCCCCCCCCCCC(=O)NC(COC1OC(CO)C(O)C(OS(=O)(=O)O)C1O)C(O)/C=C/CCCCCCCCCCCCCC. The highest BCUT2D eigenvalue weighted by Gasteiger charge is 2.48. The topological polar surface area (TPSA) is 192 Å². The fourth-order valence-corrected chi connectivity index (χ4v) is 9.43. The van der Waals surface area contributed by atoms with Gasteiger partial charge in [0.1, 0.15) is 24.4 Å². The molecule has 0 radical (unpaired) electrons. The number of aliphatic hydroxyl groups excluding tert-OH is 4. The Kier molecular flexibility index (Phi) is 42.3. The minimum absolute atomic E-state index is 0.262. The molecule has 396 valence electrons. The number of carbonyl (C=O) groups excluding carboxylic acids is 1. The van der Waals surface area contributed by atoms with Gasteiger partial charge in [-0.1, -0.05) is 231 Å². The lowest BCUT2D eigenvalue weighted by atomic mass is 9.99.